The summed E-state index contributed by atoms with van der Waals surface area (Å²) < 4.78 is 13.8. The molecule has 2 saturated heterocycles. The number of hydrogen-bond acceptors (Lipinski definition) is 6. The predicted molar refractivity (Wildman–Crippen MR) is 138 cm³/mol. The lowest BCUT2D eigenvalue weighted by molar-refractivity contribution is -0.0367. The number of nitrogens with one attached hydrogen (secondary N) is 1. The molecule has 2 fully saturated rings. The van der Waals surface area contributed by atoms with Crippen LogP contribution in [0.5, 0.6) is 0 Å². The van der Waals surface area contributed by atoms with Crippen molar-refractivity contribution in [2.45, 2.75) is 57.8 Å². The number of likely N-dealkylation sites (tertiary alicyclic amines) is 1. The normalized spacial score (nSPS) is 19.9. The molecule has 0 bridgehead atoms. The van der Waals surface area contributed by atoms with E-state index in [1.807, 2.05) is 18.5 Å². The Morgan fingerprint density at radius 1 is 1.31 bits per heavy atom. The molecule has 0 amide bonds. The third kappa shape index (κ3) is 7.13. The summed E-state index contributed by atoms with van der Waals surface area (Å²) in [6.45, 7) is 6.85. The summed E-state index contributed by atoms with van der Waals surface area (Å²) in [5.41, 5.74) is 0. The molecule has 1 N–H and O–H groups in total. The maximum absolute atomic E-state index is 6.14. The van der Waals surface area contributed by atoms with Gasteiger partial charge in [0.05, 0.1) is 18.8 Å². The summed E-state index contributed by atoms with van der Waals surface area (Å²) in [6.07, 6.45) is 5.93. The van der Waals surface area contributed by atoms with Crippen LogP contribution >= 0.6 is 35.3 Å². The molecule has 2 aromatic heterocycles. The van der Waals surface area contributed by atoms with Gasteiger partial charge in [0.25, 0.3) is 0 Å². The first-order valence-electron chi connectivity index (χ1n) is 11.3. The summed E-state index contributed by atoms with van der Waals surface area (Å²) in [6, 6.07) is 4.29. The predicted octanol–water partition coefficient (Wildman–Crippen LogP) is 3.15. The number of thiophene rings is 1. The molecular weight excluding hydrogens is 539 g/mol. The number of aryl methyl sites for hydroxylation is 1. The van der Waals surface area contributed by atoms with Crippen LogP contribution in [-0.2, 0) is 29.5 Å². The summed E-state index contributed by atoms with van der Waals surface area (Å²) >= 11 is 1.80. The fraction of sp³-hybridized carbons (Fsp3) is 0.682. The van der Waals surface area contributed by atoms with Gasteiger partial charge in [0, 0.05) is 38.2 Å². The van der Waals surface area contributed by atoms with E-state index in [0.717, 1.165) is 82.6 Å². The second kappa shape index (κ2) is 12.9. The average Bonchev–Trinajstić information content (AvgIpc) is 3.55. The van der Waals surface area contributed by atoms with E-state index < -0.39 is 0 Å². The number of halogens is 1. The Balaban J connectivity index is 0.00000289. The van der Waals surface area contributed by atoms with Crippen LogP contribution in [0.2, 0.25) is 0 Å². The summed E-state index contributed by atoms with van der Waals surface area (Å²) in [4.78, 5) is 8.63. The highest BCUT2D eigenvalue weighted by Gasteiger charge is 2.24. The maximum atomic E-state index is 6.14. The van der Waals surface area contributed by atoms with Crippen molar-refractivity contribution in [1.29, 1.82) is 0 Å². The smallest absolute Gasteiger partial charge is 0.194 e. The minimum Gasteiger partial charge on any atom is -0.376 e. The van der Waals surface area contributed by atoms with Gasteiger partial charge >= 0.3 is 0 Å². The molecule has 1 atom stereocenters. The van der Waals surface area contributed by atoms with Gasteiger partial charge in [-0.1, -0.05) is 6.07 Å². The van der Waals surface area contributed by atoms with Crippen LogP contribution in [-0.4, -0.2) is 70.7 Å². The molecule has 0 radical (unpaired) electrons. The van der Waals surface area contributed by atoms with Gasteiger partial charge in [-0.15, -0.1) is 45.5 Å². The van der Waals surface area contributed by atoms with E-state index >= 15 is 0 Å². The number of piperidine rings is 1. The van der Waals surface area contributed by atoms with Crippen molar-refractivity contribution in [3.8, 4) is 0 Å². The number of ether oxygens (including phenoxy) is 2. The van der Waals surface area contributed by atoms with Crippen LogP contribution in [0, 0.1) is 6.92 Å². The molecule has 2 aliphatic rings. The maximum Gasteiger partial charge on any atom is 0.194 e. The Hall–Kier alpha value is -1.24. The van der Waals surface area contributed by atoms with Crippen LogP contribution in [0.15, 0.2) is 22.5 Å². The molecule has 2 aromatic rings. The molecule has 0 aromatic carbocycles. The van der Waals surface area contributed by atoms with Gasteiger partial charge in [-0.05, 0) is 50.5 Å². The Kier molecular flexibility index (Phi) is 10.2. The molecule has 10 heteroatoms. The minimum atomic E-state index is 0. The van der Waals surface area contributed by atoms with Gasteiger partial charge in [0.15, 0.2) is 11.8 Å². The highest BCUT2D eigenvalue weighted by molar-refractivity contribution is 14.0. The second-order valence-corrected chi connectivity index (χ2v) is 9.31. The molecule has 1 unspecified atom stereocenters. The quantitative estimate of drug-likeness (QED) is 0.297. The van der Waals surface area contributed by atoms with E-state index in [1.165, 1.54) is 4.88 Å². The van der Waals surface area contributed by atoms with Crippen molar-refractivity contribution in [1.82, 2.24) is 25.0 Å². The number of guanidine groups is 1. The number of hydrogen-bond donors (Lipinski definition) is 1. The fourth-order valence-electron chi connectivity index (χ4n) is 4.01. The van der Waals surface area contributed by atoms with E-state index in [0.29, 0.717) is 18.8 Å². The molecule has 32 heavy (non-hydrogen) atoms. The van der Waals surface area contributed by atoms with Crippen molar-refractivity contribution < 1.29 is 9.47 Å². The van der Waals surface area contributed by atoms with Crippen LogP contribution in [0.3, 0.4) is 0 Å². The molecule has 2 aliphatic heterocycles. The first-order chi connectivity index (χ1) is 15.2. The molecule has 4 heterocycles. The van der Waals surface area contributed by atoms with Gasteiger partial charge in [0.2, 0.25) is 0 Å². The SMILES string of the molecule is Cc1nnc(CN=C(NCCc2cccs2)N2CCC(OCC3CCCO3)CC2)n1C.I. The minimum absolute atomic E-state index is 0. The Morgan fingerprint density at radius 2 is 2.16 bits per heavy atom. The van der Waals surface area contributed by atoms with Gasteiger partial charge in [-0.2, -0.15) is 0 Å². The largest absolute Gasteiger partial charge is 0.376 e. The van der Waals surface area contributed by atoms with Crippen LogP contribution in [0.25, 0.3) is 0 Å². The number of aliphatic imine (C=N–C) groups is 1. The number of aromatic nitrogens is 3. The molecule has 0 spiro atoms. The Labute approximate surface area is 211 Å². The third-order valence-electron chi connectivity index (χ3n) is 6.07. The van der Waals surface area contributed by atoms with Crippen molar-refractivity contribution >= 4 is 41.3 Å². The lowest BCUT2D eigenvalue weighted by Crippen LogP contribution is -2.47. The van der Waals surface area contributed by atoms with E-state index in [2.05, 4.69) is 37.9 Å². The molecule has 8 nitrogen and oxygen atoms in total. The zero-order valence-corrected chi connectivity index (χ0v) is 22.2. The van der Waals surface area contributed by atoms with Gasteiger partial charge in [-0.3, -0.25) is 0 Å². The summed E-state index contributed by atoms with van der Waals surface area (Å²) in [5.74, 6) is 2.74. The van der Waals surface area contributed by atoms with Crippen LogP contribution in [0.4, 0.5) is 0 Å². The van der Waals surface area contributed by atoms with Gasteiger partial charge in [-0.25, -0.2) is 4.99 Å². The Morgan fingerprint density at radius 3 is 2.81 bits per heavy atom. The van der Waals surface area contributed by atoms with Crippen molar-refractivity contribution in [3.05, 3.63) is 34.0 Å². The van der Waals surface area contributed by atoms with Crippen LogP contribution < -0.4 is 5.32 Å². The van der Waals surface area contributed by atoms with Gasteiger partial charge in [0.1, 0.15) is 12.4 Å². The van der Waals surface area contributed by atoms with E-state index in [-0.39, 0.29) is 24.0 Å². The summed E-state index contributed by atoms with van der Waals surface area (Å²) in [5, 5.41) is 14.1. The zero-order valence-electron chi connectivity index (χ0n) is 19.0. The Bertz CT molecular complexity index is 830. The van der Waals surface area contributed by atoms with E-state index in [4.69, 9.17) is 14.5 Å². The van der Waals surface area contributed by atoms with Crippen LogP contribution in [0.1, 0.15) is 42.2 Å². The van der Waals surface area contributed by atoms with Crippen molar-refractivity contribution in [2.75, 3.05) is 32.8 Å². The molecule has 178 valence electrons. The second-order valence-electron chi connectivity index (χ2n) is 8.27. The van der Waals surface area contributed by atoms with E-state index in [9.17, 15) is 0 Å². The highest BCUT2D eigenvalue weighted by atomic mass is 127. The molecule has 4 rings (SSSR count). The number of rotatable bonds is 8. The first kappa shape index (κ1) is 25.4. The zero-order chi connectivity index (χ0) is 21.5. The topological polar surface area (TPSA) is 76.8 Å². The standard InChI is InChI=1S/C22H34N6O2S.HI/c1-17-25-26-21(27(17)2)15-24-22(23-10-7-20-6-4-14-31-20)28-11-8-18(9-12-28)30-16-19-5-3-13-29-19;/h4,6,14,18-19H,3,5,7-13,15-16H2,1-2H3,(H,23,24);1H. The third-order valence-corrected chi connectivity index (χ3v) is 7.01. The number of nitrogens with zero attached hydrogens (tertiary/aromatic N) is 5. The highest BCUT2D eigenvalue weighted by Crippen LogP contribution is 2.18. The van der Waals surface area contributed by atoms with Gasteiger partial charge < -0.3 is 24.3 Å². The average molecular weight is 575 g/mol. The van der Waals surface area contributed by atoms with Crippen molar-refractivity contribution in [3.63, 3.8) is 0 Å². The monoisotopic (exact) mass is 574 g/mol. The fourth-order valence-corrected chi connectivity index (χ4v) is 4.72. The first-order valence-corrected chi connectivity index (χ1v) is 12.2. The van der Waals surface area contributed by atoms with E-state index in [1.54, 1.807) is 11.3 Å². The lowest BCUT2D eigenvalue weighted by Gasteiger charge is -2.34. The molecule has 0 saturated carbocycles. The molecular formula is C22H35IN6O2S. The molecule has 0 aliphatic carbocycles. The summed E-state index contributed by atoms with van der Waals surface area (Å²) in [7, 11) is 1.99. The lowest BCUT2D eigenvalue weighted by atomic mass is 10.1. The van der Waals surface area contributed by atoms with Crippen molar-refractivity contribution in [2.24, 2.45) is 12.0 Å².